The maximum absolute atomic E-state index is 2.20. The van der Waals surface area contributed by atoms with E-state index >= 15 is 0 Å². The summed E-state index contributed by atoms with van der Waals surface area (Å²) in [7, 11) is 0. The summed E-state index contributed by atoms with van der Waals surface area (Å²) in [5.74, 6) is 0. The number of aryl methyl sites for hydroxylation is 1. The van der Waals surface area contributed by atoms with Crippen molar-refractivity contribution in [2.75, 3.05) is 0 Å². The lowest BCUT2D eigenvalue weighted by molar-refractivity contribution is 0.886. The summed E-state index contributed by atoms with van der Waals surface area (Å²) in [5.41, 5.74) is 1.32. The molecule has 0 atom stereocenters. The second-order valence-corrected chi connectivity index (χ2v) is 4.56. The highest BCUT2D eigenvalue weighted by Crippen LogP contribution is 2.14. The molecule has 0 bridgehead atoms. The molecule has 0 nitrogen and oxygen atoms in total. The maximum Gasteiger partial charge on any atom is -0.0181 e. The molecule has 0 heteroatoms. The van der Waals surface area contributed by atoms with Crippen molar-refractivity contribution in [3.63, 3.8) is 0 Å². The fraction of sp³-hybridized carbons (Fsp3) is 0.444. The Morgan fingerprint density at radius 3 is 1.72 bits per heavy atom. The van der Waals surface area contributed by atoms with Crippen LogP contribution in [0.5, 0.6) is 0 Å². The number of unbranched alkanes of at least 4 members (excludes halogenated alkanes) is 1. The first-order valence-corrected chi connectivity index (χ1v) is 7.14. The van der Waals surface area contributed by atoms with Crippen LogP contribution in [-0.4, -0.2) is 0 Å². The molecule has 0 heterocycles. The largest absolute Gasteiger partial charge is 0.0656 e. The third kappa shape index (κ3) is 7.11. The van der Waals surface area contributed by atoms with Gasteiger partial charge in [-0.25, -0.2) is 0 Å². The highest BCUT2D eigenvalue weighted by atomic mass is 13.9. The highest BCUT2D eigenvalue weighted by molar-refractivity contribution is 5.82. The Morgan fingerprint density at radius 2 is 1.22 bits per heavy atom. The molecule has 0 fully saturated rings. The minimum atomic E-state index is 1.25. The van der Waals surface area contributed by atoms with Crippen molar-refractivity contribution in [1.82, 2.24) is 0 Å². The Labute approximate surface area is 113 Å². The van der Waals surface area contributed by atoms with Crippen molar-refractivity contribution < 1.29 is 0 Å². The monoisotopic (exact) mass is 244 g/mol. The first kappa shape index (κ1) is 16.7. The topological polar surface area (TPSA) is 0 Å². The first-order chi connectivity index (χ1) is 8.69. The van der Waals surface area contributed by atoms with Crippen LogP contribution in [0, 0.1) is 6.92 Å². The summed E-state index contributed by atoms with van der Waals surface area (Å²) in [5, 5.41) is 2.64. The van der Waals surface area contributed by atoms with Crippen molar-refractivity contribution in [3.05, 3.63) is 48.0 Å². The van der Waals surface area contributed by atoms with E-state index < -0.39 is 0 Å². The molecule has 0 radical (unpaired) electrons. The highest BCUT2D eigenvalue weighted by Gasteiger charge is 1.89. The second kappa shape index (κ2) is 10.8. The average Bonchev–Trinajstić information content (AvgIpc) is 2.40. The van der Waals surface area contributed by atoms with Crippen molar-refractivity contribution >= 4 is 10.8 Å². The summed E-state index contributed by atoms with van der Waals surface area (Å²) in [6.45, 7) is 10.7. The predicted molar refractivity (Wildman–Crippen MR) is 85.2 cm³/mol. The van der Waals surface area contributed by atoms with Gasteiger partial charge in [0.15, 0.2) is 0 Å². The minimum Gasteiger partial charge on any atom is -0.0656 e. The Balaban J connectivity index is 0.000000351. The molecule has 18 heavy (non-hydrogen) atoms. The van der Waals surface area contributed by atoms with E-state index in [1.165, 1.54) is 35.6 Å². The van der Waals surface area contributed by atoms with Gasteiger partial charge in [0.05, 0.1) is 0 Å². The van der Waals surface area contributed by atoms with Crippen LogP contribution in [-0.2, 0) is 0 Å². The molecule has 0 aliphatic heterocycles. The summed E-state index contributed by atoms with van der Waals surface area (Å²) in [6.07, 6.45) is 3.89. The smallest absolute Gasteiger partial charge is 0.0181 e. The molecular formula is C18H28. The molecule has 2 aromatic carbocycles. The minimum absolute atomic E-state index is 1.25. The molecule has 2 rings (SSSR count). The second-order valence-electron chi connectivity index (χ2n) is 4.56. The fourth-order valence-electron chi connectivity index (χ4n) is 1.31. The first-order valence-electron chi connectivity index (χ1n) is 7.14. The SMILES string of the molecule is CCC.CCCC.Cc1ccc2ccccc2c1. The van der Waals surface area contributed by atoms with Crippen molar-refractivity contribution in [1.29, 1.82) is 0 Å². The molecule has 0 spiro atoms. The number of hydrogen-bond acceptors (Lipinski definition) is 0. The van der Waals surface area contributed by atoms with Gasteiger partial charge in [0.1, 0.15) is 0 Å². The number of hydrogen-bond donors (Lipinski definition) is 0. The normalized spacial score (nSPS) is 8.94. The van der Waals surface area contributed by atoms with Gasteiger partial charge in [-0.15, -0.1) is 0 Å². The van der Waals surface area contributed by atoms with Crippen molar-refractivity contribution in [2.24, 2.45) is 0 Å². The van der Waals surface area contributed by atoms with Gasteiger partial charge >= 0.3 is 0 Å². The standard InChI is InChI=1S/C11H10.C4H10.C3H8/c1-9-6-7-10-4-2-3-5-11(10)8-9;1-3-4-2;1-3-2/h2-8H,1H3;3-4H2,1-2H3;3H2,1-2H3. The third-order valence-electron chi connectivity index (χ3n) is 2.40. The van der Waals surface area contributed by atoms with Crippen molar-refractivity contribution in [2.45, 2.75) is 53.9 Å². The zero-order valence-electron chi connectivity index (χ0n) is 12.7. The van der Waals surface area contributed by atoms with E-state index in [0.29, 0.717) is 0 Å². The Morgan fingerprint density at radius 1 is 0.722 bits per heavy atom. The van der Waals surface area contributed by atoms with E-state index in [-0.39, 0.29) is 0 Å². The van der Waals surface area contributed by atoms with E-state index in [1.54, 1.807) is 0 Å². The molecule has 0 aromatic heterocycles. The van der Waals surface area contributed by atoms with Crippen LogP contribution in [0.3, 0.4) is 0 Å². The quantitative estimate of drug-likeness (QED) is 0.546. The molecule has 0 aliphatic carbocycles. The van der Waals surface area contributed by atoms with E-state index in [2.05, 4.69) is 77.1 Å². The van der Waals surface area contributed by atoms with Gasteiger partial charge in [-0.1, -0.05) is 95.0 Å². The van der Waals surface area contributed by atoms with Gasteiger partial charge in [-0.05, 0) is 17.7 Å². The summed E-state index contributed by atoms with van der Waals surface area (Å²) in [4.78, 5) is 0. The molecule has 0 unspecified atom stereocenters. The summed E-state index contributed by atoms with van der Waals surface area (Å²) < 4.78 is 0. The molecule has 0 saturated carbocycles. The van der Waals surface area contributed by atoms with Crippen LogP contribution in [0.25, 0.3) is 10.8 Å². The van der Waals surface area contributed by atoms with Crippen molar-refractivity contribution in [3.8, 4) is 0 Å². The van der Waals surface area contributed by atoms with Gasteiger partial charge in [-0.2, -0.15) is 0 Å². The molecule has 100 valence electrons. The summed E-state index contributed by atoms with van der Waals surface area (Å²) in [6, 6.07) is 14.9. The number of rotatable bonds is 1. The molecule has 2 aromatic rings. The van der Waals surface area contributed by atoms with E-state index in [1.807, 2.05) is 0 Å². The molecular weight excluding hydrogens is 216 g/mol. The van der Waals surface area contributed by atoms with Crippen LogP contribution in [0.15, 0.2) is 42.5 Å². The number of benzene rings is 2. The lowest BCUT2D eigenvalue weighted by atomic mass is 10.1. The maximum atomic E-state index is 2.20. The molecule has 0 saturated heterocycles. The van der Waals surface area contributed by atoms with E-state index in [4.69, 9.17) is 0 Å². The molecule has 0 N–H and O–H groups in total. The Bertz CT molecular complexity index is 413. The van der Waals surface area contributed by atoms with Crippen LogP contribution >= 0.6 is 0 Å². The van der Waals surface area contributed by atoms with E-state index in [0.717, 1.165) is 0 Å². The predicted octanol–water partition coefficient (Wildman–Crippen LogP) is 6.37. The molecule has 0 amide bonds. The number of fused-ring (bicyclic) bond motifs is 1. The Hall–Kier alpha value is -1.30. The third-order valence-corrected chi connectivity index (χ3v) is 2.40. The summed E-state index contributed by atoms with van der Waals surface area (Å²) >= 11 is 0. The fourth-order valence-corrected chi connectivity index (χ4v) is 1.31. The lowest BCUT2D eigenvalue weighted by Gasteiger charge is -1.96. The zero-order chi connectivity index (χ0) is 13.8. The van der Waals surface area contributed by atoms with Crippen LogP contribution in [0.4, 0.5) is 0 Å². The average molecular weight is 244 g/mol. The van der Waals surface area contributed by atoms with Gasteiger partial charge in [-0.3, -0.25) is 0 Å². The zero-order valence-corrected chi connectivity index (χ0v) is 12.7. The van der Waals surface area contributed by atoms with E-state index in [9.17, 15) is 0 Å². The van der Waals surface area contributed by atoms with Gasteiger partial charge in [0.2, 0.25) is 0 Å². The Kier molecular flexibility index (Phi) is 10.0. The van der Waals surface area contributed by atoms with Gasteiger partial charge in [0.25, 0.3) is 0 Å². The van der Waals surface area contributed by atoms with Crippen LogP contribution in [0.1, 0.15) is 52.5 Å². The van der Waals surface area contributed by atoms with Gasteiger partial charge < -0.3 is 0 Å². The van der Waals surface area contributed by atoms with Gasteiger partial charge in [0, 0.05) is 0 Å². The molecule has 0 aliphatic rings. The lowest BCUT2D eigenvalue weighted by Crippen LogP contribution is -1.73. The van der Waals surface area contributed by atoms with Crippen LogP contribution < -0.4 is 0 Å². The van der Waals surface area contributed by atoms with Crippen LogP contribution in [0.2, 0.25) is 0 Å².